The molecule has 1 aromatic rings. The number of esters is 1. The minimum absolute atomic E-state index is 0.287. The van der Waals surface area contributed by atoms with Gasteiger partial charge in [0.1, 0.15) is 6.04 Å². The van der Waals surface area contributed by atoms with Crippen molar-refractivity contribution in [3.63, 3.8) is 0 Å². The minimum atomic E-state index is -0.761. The first kappa shape index (κ1) is 15.4. The normalized spacial score (nSPS) is 16.9. The molecule has 0 radical (unpaired) electrons. The monoisotopic (exact) mass is 291 g/mol. The maximum absolute atomic E-state index is 12.1. The summed E-state index contributed by atoms with van der Waals surface area (Å²) in [6.07, 6.45) is 4.87. The summed E-state index contributed by atoms with van der Waals surface area (Å²) in [6, 6.07) is 4.08. The molecule has 0 saturated heterocycles. The molecule has 0 aliphatic heterocycles. The van der Waals surface area contributed by atoms with Crippen LogP contribution in [0.1, 0.15) is 25.0 Å². The molecule has 21 heavy (non-hydrogen) atoms. The smallest absolute Gasteiger partial charge is 0.328 e. The van der Waals surface area contributed by atoms with Gasteiger partial charge < -0.3 is 15.8 Å². The first-order valence-electron chi connectivity index (χ1n) is 7.14. The fraction of sp³-hybridized carbons (Fsp3) is 0.533. The van der Waals surface area contributed by atoms with Crippen molar-refractivity contribution < 1.29 is 14.3 Å². The van der Waals surface area contributed by atoms with Crippen molar-refractivity contribution in [1.29, 1.82) is 0 Å². The maximum atomic E-state index is 12.1. The van der Waals surface area contributed by atoms with Crippen LogP contribution in [0.4, 0.5) is 0 Å². The number of hydrogen-bond donors (Lipinski definition) is 2. The van der Waals surface area contributed by atoms with Crippen LogP contribution in [0, 0.1) is 5.92 Å². The Morgan fingerprint density at radius 1 is 1.48 bits per heavy atom. The van der Waals surface area contributed by atoms with E-state index in [1.54, 1.807) is 18.3 Å². The van der Waals surface area contributed by atoms with Crippen LogP contribution in [-0.4, -0.2) is 36.1 Å². The van der Waals surface area contributed by atoms with Gasteiger partial charge in [0.15, 0.2) is 0 Å². The summed E-state index contributed by atoms with van der Waals surface area (Å²) >= 11 is 0. The minimum Gasteiger partial charge on any atom is -0.467 e. The number of rotatable bonds is 7. The van der Waals surface area contributed by atoms with Crippen molar-refractivity contribution >= 4 is 11.9 Å². The third-order valence-corrected chi connectivity index (χ3v) is 3.56. The lowest BCUT2D eigenvalue weighted by atomic mass is 10.1. The molecule has 1 heterocycles. The zero-order valence-corrected chi connectivity index (χ0v) is 12.1. The van der Waals surface area contributed by atoms with E-state index in [0.717, 1.165) is 12.8 Å². The molecule has 1 aromatic heterocycles. The Bertz CT molecular complexity index is 488. The number of amides is 1. The van der Waals surface area contributed by atoms with Crippen LogP contribution < -0.4 is 11.1 Å². The van der Waals surface area contributed by atoms with E-state index in [-0.39, 0.29) is 12.3 Å². The zero-order chi connectivity index (χ0) is 15.2. The van der Waals surface area contributed by atoms with Gasteiger partial charge in [0.25, 0.3) is 0 Å². The summed E-state index contributed by atoms with van der Waals surface area (Å²) < 4.78 is 4.74. The Hall–Kier alpha value is -1.95. The topological polar surface area (TPSA) is 94.3 Å². The lowest BCUT2D eigenvalue weighted by Gasteiger charge is -2.19. The highest BCUT2D eigenvalue weighted by molar-refractivity contribution is 5.87. The molecule has 2 unspecified atom stereocenters. The van der Waals surface area contributed by atoms with Gasteiger partial charge >= 0.3 is 5.97 Å². The van der Waals surface area contributed by atoms with E-state index >= 15 is 0 Å². The molecule has 3 N–H and O–H groups in total. The van der Waals surface area contributed by atoms with Gasteiger partial charge in [-0.3, -0.25) is 9.78 Å². The molecule has 2 atom stereocenters. The lowest BCUT2D eigenvalue weighted by molar-refractivity contribution is -0.145. The first-order chi connectivity index (χ1) is 10.1. The van der Waals surface area contributed by atoms with Crippen LogP contribution in [0.3, 0.4) is 0 Å². The average molecular weight is 291 g/mol. The fourth-order valence-corrected chi connectivity index (χ4v) is 2.16. The highest BCUT2D eigenvalue weighted by atomic mass is 16.5. The molecule has 6 heteroatoms. The quantitative estimate of drug-likeness (QED) is 0.710. The first-order valence-corrected chi connectivity index (χ1v) is 7.14. The van der Waals surface area contributed by atoms with Gasteiger partial charge in [-0.15, -0.1) is 0 Å². The fourth-order valence-electron chi connectivity index (χ4n) is 2.16. The molecule has 0 spiro atoms. The van der Waals surface area contributed by atoms with E-state index in [4.69, 9.17) is 10.5 Å². The second kappa shape index (κ2) is 7.17. The summed E-state index contributed by atoms with van der Waals surface area (Å²) in [7, 11) is 1.30. The number of hydrogen-bond acceptors (Lipinski definition) is 5. The highest BCUT2D eigenvalue weighted by Gasteiger charge is 2.29. The van der Waals surface area contributed by atoms with Gasteiger partial charge in [-0.05, 0) is 24.5 Å². The summed E-state index contributed by atoms with van der Waals surface area (Å²) in [4.78, 5) is 28.0. The molecule has 114 valence electrons. The number of methoxy groups -OCH3 is 1. The standard InChI is InChI=1S/C15H21N3O3/c1-21-15(20)13(9-11-4-2-3-7-17-11)18-14(19)12(16)8-10-5-6-10/h2-4,7,10,12-13H,5-6,8-9,16H2,1H3,(H,18,19). The molecule has 1 fully saturated rings. The van der Waals surface area contributed by atoms with Crippen LogP contribution >= 0.6 is 0 Å². The molecular weight excluding hydrogens is 270 g/mol. The predicted octanol–water partition coefficient (Wildman–Crippen LogP) is 0.409. The number of pyridine rings is 1. The predicted molar refractivity (Wildman–Crippen MR) is 77.2 cm³/mol. The van der Waals surface area contributed by atoms with Crippen molar-refractivity contribution in [3.8, 4) is 0 Å². The van der Waals surface area contributed by atoms with E-state index in [1.165, 1.54) is 7.11 Å². The molecule has 1 saturated carbocycles. The van der Waals surface area contributed by atoms with E-state index in [9.17, 15) is 9.59 Å². The van der Waals surface area contributed by atoms with Crippen molar-refractivity contribution in [3.05, 3.63) is 30.1 Å². The van der Waals surface area contributed by atoms with Crippen molar-refractivity contribution in [2.24, 2.45) is 11.7 Å². The van der Waals surface area contributed by atoms with Crippen LogP contribution in [0.15, 0.2) is 24.4 Å². The maximum Gasteiger partial charge on any atom is 0.328 e. The zero-order valence-electron chi connectivity index (χ0n) is 12.1. The Kier molecular flexibility index (Phi) is 5.27. The van der Waals surface area contributed by atoms with Crippen LogP contribution in [-0.2, 0) is 20.7 Å². The van der Waals surface area contributed by atoms with Crippen molar-refractivity contribution in [1.82, 2.24) is 10.3 Å². The molecule has 2 rings (SSSR count). The number of ether oxygens (including phenoxy) is 1. The number of aromatic nitrogens is 1. The Labute approximate surface area is 124 Å². The number of nitrogens with zero attached hydrogens (tertiary/aromatic N) is 1. The molecule has 1 aliphatic rings. The molecular formula is C15H21N3O3. The largest absolute Gasteiger partial charge is 0.467 e. The second-order valence-electron chi connectivity index (χ2n) is 5.40. The number of carbonyl (C=O) groups is 2. The van der Waals surface area contributed by atoms with Crippen LogP contribution in [0.5, 0.6) is 0 Å². The summed E-state index contributed by atoms with van der Waals surface area (Å²) in [5.41, 5.74) is 6.57. The lowest BCUT2D eigenvalue weighted by Crippen LogP contribution is -2.49. The van der Waals surface area contributed by atoms with Gasteiger partial charge in [-0.1, -0.05) is 18.9 Å². The van der Waals surface area contributed by atoms with Gasteiger partial charge in [-0.25, -0.2) is 4.79 Å². The van der Waals surface area contributed by atoms with E-state index in [1.807, 2.05) is 6.07 Å². The summed E-state index contributed by atoms with van der Waals surface area (Å²) in [5.74, 6) is -0.251. The van der Waals surface area contributed by atoms with Crippen LogP contribution in [0.25, 0.3) is 0 Å². The molecule has 6 nitrogen and oxygen atoms in total. The van der Waals surface area contributed by atoms with Gasteiger partial charge in [-0.2, -0.15) is 0 Å². The SMILES string of the molecule is COC(=O)C(Cc1ccccn1)NC(=O)C(N)CC1CC1. The third kappa shape index (κ3) is 4.82. The molecule has 1 aliphatic carbocycles. The van der Waals surface area contributed by atoms with Crippen molar-refractivity contribution in [2.45, 2.75) is 37.8 Å². The molecule has 1 amide bonds. The second-order valence-corrected chi connectivity index (χ2v) is 5.40. The average Bonchev–Trinajstić information content (AvgIpc) is 3.30. The summed E-state index contributed by atoms with van der Waals surface area (Å²) in [5, 5.41) is 2.67. The van der Waals surface area contributed by atoms with Gasteiger partial charge in [0, 0.05) is 18.3 Å². The molecule has 0 bridgehead atoms. The van der Waals surface area contributed by atoms with Gasteiger partial charge in [0.05, 0.1) is 13.2 Å². The Balaban J connectivity index is 1.95. The Morgan fingerprint density at radius 2 is 2.24 bits per heavy atom. The van der Waals surface area contributed by atoms with Gasteiger partial charge in [0.2, 0.25) is 5.91 Å². The highest BCUT2D eigenvalue weighted by Crippen LogP contribution is 2.33. The van der Waals surface area contributed by atoms with E-state index in [0.29, 0.717) is 18.0 Å². The molecule has 0 aromatic carbocycles. The third-order valence-electron chi connectivity index (χ3n) is 3.56. The van der Waals surface area contributed by atoms with Crippen LogP contribution in [0.2, 0.25) is 0 Å². The number of nitrogens with two attached hydrogens (primary N) is 1. The van der Waals surface area contributed by atoms with E-state index in [2.05, 4.69) is 10.3 Å². The number of carbonyl (C=O) groups excluding carboxylic acids is 2. The van der Waals surface area contributed by atoms with Crippen molar-refractivity contribution in [2.75, 3.05) is 7.11 Å². The number of nitrogens with one attached hydrogen (secondary N) is 1. The summed E-state index contributed by atoms with van der Waals surface area (Å²) in [6.45, 7) is 0. The van der Waals surface area contributed by atoms with E-state index < -0.39 is 18.1 Å². The Morgan fingerprint density at radius 3 is 2.81 bits per heavy atom.